The van der Waals surface area contributed by atoms with Gasteiger partial charge in [-0.2, -0.15) is 0 Å². The van der Waals surface area contributed by atoms with Gasteiger partial charge in [-0.15, -0.1) is 0 Å². The molecule has 0 amide bonds. The first-order valence-corrected chi connectivity index (χ1v) is 15.7. The number of anilines is 3. The first kappa shape index (κ1) is 31.1. The maximum atomic E-state index is 10.5. The van der Waals surface area contributed by atoms with Crippen molar-refractivity contribution in [2.75, 3.05) is 4.90 Å². The summed E-state index contributed by atoms with van der Waals surface area (Å²) in [6.45, 7) is 7.30. The summed E-state index contributed by atoms with van der Waals surface area (Å²) >= 11 is 0. The predicted molar refractivity (Wildman–Crippen MR) is 194 cm³/mol. The van der Waals surface area contributed by atoms with Gasteiger partial charge in [-0.05, 0) is 97.5 Å². The minimum Gasteiger partial charge on any atom is -0.427 e. The molecule has 6 rings (SSSR count). The van der Waals surface area contributed by atoms with Gasteiger partial charge in [0.25, 0.3) is 0 Å². The molecule has 46 heavy (non-hydrogen) atoms. The summed E-state index contributed by atoms with van der Waals surface area (Å²) in [5.41, 5.74) is 9.45. The van der Waals surface area contributed by atoms with Crippen LogP contribution in [0, 0.1) is 0 Å². The number of nitrogens with zero attached hydrogens (tertiary/aromatic N) is 1. The number of benzene rings is 6. The van der Waals surface area contributed by atoms with Crippen molar-refractivity contribution in [3.05, 3.63) is 158 Å². The molecule has 0 fully saturated rings. The molecule has 3 nitrogen and oxygen atoms in total. The Hall–Kier alpha value is -4.90. The van der Waals surface area contributed by atoms with Gasteiger partial charge in [-0.25, -0.2) is 0 Å². The Bertz CT molecular complexity index is 1780. The lowest BCUT2D eigenvalue weighted by Crippen LogP contribution is -2.49. The molecule has 1 radical (unpaired) electrons. The highest BCUT2D eigenvalue weighted by atomic mass is 16.5. The van der Waals surface area contributed by atoms with Gasteiger partial charge in [-0.3, -0.25) is 0 Å². The van der Waals surface area contributed by atoms with Crippen LogP contribution in [-0.4, -0.2) is 23.8 Å². The van der Waals surface area contributed by atoms with Crippen LogP contribution in [0.25, 0.3) is 33.4 Å². The van der Waals surface area contributed by atoms with Crippen molar-refractivity contribution in [2.45, 2.75) is 38.9 Å². The molecule has 0 aliphatic carbocycles. The second-order valence-electron chi connectivity index (χ2n) is 12.6. The average Bonchev–Trinajstić information content (AvgIpc) is 3.09. The van der Waals surface area contributed by atoms with E-state index in [0.29, 0.717) is 0 Å². The molecule has 0 atom stereocenters. The molecular weight excluding hydrogens is 561 g/mol. The van der Waals surface area contributed by atoms with E-state index in [1.165, 1.54) is 22.3 Å². The smallest absolute Gasteiger partial charge is 0.330 e. The summed E-state index contributed by atoms with van der Waals surface area (Å²) in [5, 5.41) is 10.5. The van der Waals surface area contributed by atoms with E-state index in [-0.39, 0.29) is 0 Å². The highest BCUT2D eigenvalue weighted by Crippen LogP contribution is 2.37. The van der Waals surface area contributed by atoms with E-state index >= 15 is 0 Å². The molecule has 6 aromatic carbocycles. The van der Waals surface area contributed by atoms with Crippen LogP contribution >= 0.6 is 0 Å². The van der Waals surface area contributed by atoms with Crippen LogP contribution in [0.4, 0.5) is 17.1 Å². The SMILES string of the molecule is CC(C)(O)C(C)(C)O[B]c1cccc(-c2ccc(N(c3ccc(-c4ccccc4)cc3)c3ccc(-c4ccccc4)cc3)cc2)c1. The van der Waals surface area contributed by atoms with Crippen LogP contribution in [0.5, 0.6) is 0 Å². The van der Waals surface area contributed by atoms with E-state index in [2.05, 4.69) is 138 Å². The predicted octanol–water partition coefficient (Wildman–Crippen LogP) is 9.97. The molecule has 0 saturated heterocycles. The summed E-state index contributed by atoms with van der Waals surface area (Å²) < 4.78 is 6.01. The van der Waals surface area contributed by atoms with Gasteiger partial charge in [0.1, 0.15) is 0 Å². The van der Waals surface area contributed by atoms with Crippen molar-refractivity contribution in [1.29, 1.82) is 0 Å². The highest BCUT2D eigenvalue weighted by Gasteiger charge is 2.35. The Kier molecular flexibility index (Phi) is 8.94. The van der Waals surface area contributed by atoms with Gasteiger partial charge in [-0.1, -0.05) is 127 Å². The Balaban J connectivity index is 1.30. The van der Waals surface area contributed by atoms with Crippen molar-refractivity contribution in [3.8, 4) is 33.4 Å². The zero-order chi connectivity index (χ0) is 32.1. The van der Waals surface area contributed by atoms with Crippen molar-refractivity contribution in [3.63, 3.8) is 0 Å². The number of rotatable bonds is 10. The van der Waals surface area contributed by atoms with Crippen LogP contribution in [0.15, 0.2) is 158 Å². The zero-order valence-electron chi connectivity index (χ0n) is 26.9. The first-order valence-electron chi connectivity index (χ1n) is 15.7. The van der Waals surface area contributed by atoms with Crippen molar-refractivity contribution >= 4 is 30.0 Å². The normalized spacial score (nSPS) is 11.7. The molecule has 0 aliphatic heterocycles. The molecule has 0 spiro atoms. The second kappa shape index (κ2) is 13.2. The standard InChI is InChI=1S/C42H39BNO2/c1-41(2,45)42(3,4)46-43-37-17-11-16-36(30-37)35-22-28-40(29-23-35)44(38-24-18-33(19-25-38)31-12-7-5-8-13-31)39-26-20-34(21-27-39)32-14-9-6-10-15-32/h5-30,45H,1-4H3. The minimum atomic E-state index is -0.980. The molecule has 6 aromatic rings. The lowest BCUT2D eigenvalue weighted by molar-refractivity contribution is -0.0893. The molecule has 0 bridgehead atoms. The number of hydrogen-bond acceptors (Lipinski definition) is 3. The summed E-state index contributed by atoms with van der Waals surface area (Å²) in [6, 6.07) is 55.4. The molecule has 227 valence electrons. The van der Waals surface area contributed by atoms with Crippen LogP contribution in [0.2, 0.25) is 0 Å². The third kappa shape index (κ3) is 6.99. The second-order valence-corrected chi connectivity index (χ2v) is 12.6. The Morgan fingerprint density at radius 1 is 0.457 bits per heavy atom. The monoisotopic (exact) mass is 600 g/mol. The molecule has 0 unspecified atom stereocenters. The third-order valence-electron chi connectivity index (χ3n) is 8.77. The van der Waals surface area contributed by atoms with E-state index in [1.807, 2.05) is 38.1 Å². The zero-order valence-corrected chi connectivity index (χ0v) is 26.9. The molecular formula is C42H39BNO2. The summed E-state index contributed by atoms with van der Waals surface area (Å²) in [6.07, 6.45) is 0. The molecule has 0 aromatic heterocycles. The summed E-state index contributed by atoms with van der Waals surface area (Å²) in [5.74, 6) is 0. The fraction of sp³-hybridized carbons (Fsp3) is 0.143. The van der Waals surface area contributed by atoms with E-state index in [1.54, 1.807) is 21.3 Å². The van der Waals surface area contributed by atoms with Crippen molar-refractivity contribution in [2.24, 2.45) is 0 Å². The number of hydrogen-bond donors (Lipinski definition) is 1. The maximum absolute atomic E-state index is 10.5. The topological polar surface area (TPSA) is 32.7 Å². The van der Waals surface area contributed by atoms with E-state index < -0.39 is 11.2 Å². The lowest BCUT2D eigenvalue weighted by atomic mass is 9.81. The average molecular weight is 601 g/mol. The highest BCUT2D eigenvalue weighted by molar-refractivity contribution is 6.47. The molecule has 0 saturated carbocycles. The fourth-order valence-corrected chi connectivity index (χ4v) is 5.27. The Morgan fingerprint density at radius 2 is 0.826 bits per heavy atom. The quantitative estimate of drug-likeness (QED) is 0.159. The molecule has 0 aliphatic rings. The summed E-state index contributed by atoms with van der Waals surface area (Å²) in [7, 11) is 1.73. The van der Waals surface area contributed by atoms with E-state index in [9.17, 15) is 5.11 Å². The molecule has 0 heterocycles. The van der Waals surface area contributed by atoms with E-state index in [4.69, 9.17) is 4.65 Å². The maximum Gasteiger partial charge on any atom is 0.330 e. The Labute approximate surface area is 274 Å². The van der Waals surface area contributed by atoms with Gasteiger partial charge in [0.15, 0.2) is 0 Å². The first-order chi connectivity index (χ1) is 22.2. The van der Waals surface area contributed by atoms with Gasteiger partial charge >= 0.3 is 7.48 Å². The van der Waals surface area contributed by atoms with E-state index in [0.717, 1.165) is 33.7 Å². The van der Waals surface area contributed by atoms with Crippen LogP contribution in [0.3, 0.4) is 0 Å². The van der Waals surface area contributed by atoms with Crippen molar-refractivity contribution in [1.82, 2.24) is 0 Å². The lowest BCUT2D eigenvalue weighted by Gasteiger charge is -2.37. The van der Waals surface area contributed by atoms with Crippen molar-refractivity contribution < 1.29 is 9.76 Å². The van der Waals surface area contributed by atoms with Gasteiger partial charge in [0, 0.05) is 17.1 Å². The summed E-state index contributed by atoms with van der Waals surface area (Å²) in [4.78, 5) is 2.30. The van der Waals surface area contributed by atoms with Crippen LogP contribution in [0.1, 0.15) is 27.7 Å². The van der Waals surface area contributed by atoms with Gasteiger partial charge < -0.3 is 14.7 Å². The van der Waals surface area contributed by atoms with Gasteiger partial charge in [0.05, 0.1) is 11.2 Å². The third-order valence-corrected chi connectivity index (χ3v) is 8.77. The Morgan fingerprint density at radius 3 is 1.24 bits per heavy atom. The van der Waals surface area contributed by atoms with Crippen LogP contribution < -0.4 is 10.4 Å². The fourth-order valence-electron chi connectivity index (χ4n) is 5.27. The number of aliphatic hydroxyl groups is 1. The van der Waals surface area contributed by atoms with Gasteiger partial charge in [0.2, 0.25) is 0 Å². The largest absolute Gasteiger partial charge is 0.427 e. The van der Waals surface area contributed by atoms with Crippen LogP contribution in [-0.2, 0) is 4.65 Å². The minimum absolute atomic E-state index is 0.729. The molecule has 4 heteroatoms. The molecule has 1 N–H and O–H groups in total.